The van der Waals surface area contributed by atoms with Gasteiger partial charge in [0.1, 0.15) is 11.1 Å². The second-order valence-electron chi connectivity index (χ2n) is 9.80. The van der Waals surface area contributed by atoms with E-state index >= 15 is 0 Å². The number of thiophene rings is 2. The molecule has 1 amide bonds. The molecule has 9 heteroatoms. The van der Waals surface area contributed by atoms with Crippen LogP contribution in [0.25, 0.3) is 11.4 Å². The molecular weight excluding hydrogens is 507 g/mol. The molecule has 3 heterocycles. The van der Waals surface area contributed by atoms with Crippen molar-refractivity contribution in [2.24, 2.45) is 11.3 Å². The molecule has 0 aliphatic heterocycles. The summed E-state index contributed by atoms with van der Waals surface area (Å²) < 4.78 is 1.99. The second kappa shape index (κ2) is 11.3. The summed E-state index contributed by atoms with van der Waals surface area (Å²) in [6.45, 7) is 13.5. The van der Waals surface area contributed by atoms with Crippen molar-refractivity contribution in [1.82, 2.24) is 14.8 Å². The predicted octanol–water partition coefficient (Wildman–Crippen LogP) is 6.96. The fourth-order valence-electron chi connectivity index (χ4n) is 4.63. The molecule has 3 aromatic rings. The normalized spacial score (nSPS) is 15.4. The van der Waals surface area contributed by atoms with Crippen LogP contribution in [0.3, 0.4) is 0 Å². The van der Waals surface area contributed by atoms with Crippen LogP contribution in [0, 0.1) is 22.7 Å². The van der Waals surface area contributed by atoms with E-state index < -0.39 is 0 Å². The van der Waals surface area contributed by atoms with E-state index in [-0.39, 0.29) is 17.1 Å². The van der Waals surface area contributed by atoms with Gasteiger partial charge < -0.3 is 5.32 Å². The van der Waals surface area contributed by atoms with Crippen LogP contribution >= 0.6 is 34.4 Å². The molecule has 3 aromatic heterocycles. The largest absolute Gasteiger partial charge is 0.316 e. The first-order valence-corrected chi connectivity index (χ1v) is 15.1. The first-order chi connectivity index (χ1) is 17.3. The molecule has 0 fully saturated rings. The number of anilines is 1. The van der Waals surface area contributed by atoms with Crippen molar-refractivity contribution in [3.63, 3.8) is 0 Å². The lowest BCUT2D eigenvalue weighted by atomic mass is 9.69. The Labute approximate surface area is 225 Å². The monoisotopic (exact) mass is 539 g/mol. The molecular formula is C27H33N5OS3. The van der Waals surface area contributed by atoms with Crippen LogP contribution in [0.5, 0.6) is 0 Å². The predicted molar refractivity (Wildman–Crippen MR) is 151 cm³/mol. The Morgan fingerprint density at radius 1 is 1.42 bits per heavy atom. The van der Waals surface area contributed by atoms with Gasteiger partial charge in [-0.1, -0.05) is 52.0 Å². The van der Waals surface area contributed by atoms with Gasteiger partial charge >= 0.3 is 0 Å². The molecule has 1 atom stereocenters. The number of fused-ring (bicyclic) bond motifs is 1. The van der Waals surface area contributed by atoms with E-state index in [1.807, 2.05) is 10.6 Å². The molecule has 1 N–H and O–H groups in total. The molecule has 6 nitrogen and oxygen atoms in total. The topological polar surface area (TPSA) is 83.6 Å². The van der Waals surface area contributed by atoms with E-state index in [9.17, 15) is 10.1 Å². The van der Waals surface area contributed by atoms with E-state index in [4.69, 9.17) is 0 Å². The van der Waals surface area contributed by atoms with Crippen molar-refractivity contribution in [2.45, 2.75) is 71.5 Å². The van der Waals surface area contributed by atoms with Crippen LogP contribution in [0.2, 0.25) is 0 Å². The Hall–Kier alpha value is -2.41. The van der Waals surface area contributed by atoms with E-state index in [2.05, 4.69) is 67.3 Å². The van der Waals surface area contributed by atoms with Gasteiger partial charge in [0.2, 0.25) is 5.91 Å². The molecule has 0 saturated carbocycles. The quantitative estimate of drug-likeness (QED) is 0.222. The molecule has 4 rings (SSSR count). The average molecular weight is 540 g/mol. The molecule has 0 aromatic carbocycles. The van der Waals surface area contributed by atoms with Crippen LogP contribution in [0.1, 0.15) is 61.4 Å². The smallest absolute Gasteiger partial charge is 0.235 e. The van der Waals surface area contributed by atoms with Crippen LogP contribution in [0.15, 0.2) is 29.3 Å². The van der Waals surface area contributed by atoms with Crippen molar-refractivity contribution < 1.29 is 4.79 Å². The van der Waals surface area contributed by atoms with Gasteiger partial charge in [0.25, 0.3) is 0 Å². The summed E-state index contributed by atoms with van der Waals surface area (Å²) in [7, 11) is 0. The van der Waals surface area contributed by atoms with Gasteiger partial charge in [-0.2, -0.15) is 5.26 Å². The summed E-state index contributed by atoms with van der Waals surface area (Å²) in [5, 5.41) is 25.1. The number of carbonyl (C=O) groups excluding carboxylic acids is 1. The zero-order valence-corrected chi connectivity index (χ0v) is 23.8. The SMILES string of the molecule is C=CCn1c(SCC(=O)Nc2sc3c(c2C#N)CCC(C(C)(C)CC)C3)nnc1-c1csc(CC)c1. The minimum atomic E-state index is -0.140. The van der Waals surface area contributed by atoms with Gasteiger partial charge in [-0.15, -0.1) is 39.4 Å². The first kappa shape index (κ1) is 26.6. The van der Waals surface area contributed by atoms with Gasteiger partial charge in [0.15, 0.2) is 11.0 Å². The molecule has 0 spiro atoms. The van der Waals surface area contributed by atoms with Gasteiger partial charge in [-0.3, -0.25) is 9.36 Å². The highest BCUT2D eigenvalue weighted by molar-refractivity contribution is 7.99. The Morgan fingerprint density at radius 2 is 2.22 bits per heavy atom. The molecule has 190 valence electrons. The standard InChI is InChI=1S/C27H33N5OS3/c1-6-11-32-24(17-12-19(7-2)34-15-17)30-31-26(32)35-16-23(33)29-25-21(14-28)20-10-9-18(13-22(20)36-25)27(4,5)8-3/h6,12,15,18H,1,7-11,13,16H2,2-5H3,(H,29,33). The van der Waals surface area contributed by atoms with Crippen LogP contribution in [-0.2, 0) is 30.6 Å². The third-order valence-electron chi connectivity index (χ3n) is 7.27. The fraction of sp³-hybridized carbons (Fsp3) is 0.481. The van der Waals surface area contributed by atoms with E-state index in [0.717, 1.165) is 49.1 Å². The number of nitrogens with one attached hydrogen (secondary N) is 1. The molecule has 1 aliphatic carbocycles. The zero-order chi connectivity index (χ0) is 25.9. The highest BCUT2D eigenvalue weighted by Gasteiger charge is 2.34. The summed E-state index contributed by atoms with van der Waals surface area (Å²) in [5.41, 5.74) is 3.08. The van der Waals surface area contributed by atoms with Gasteiger partial charge in [-0.05, 0) is 48.6 Å². The minimum absolute atomic E-state index is 0.140. The highest BCUT2D eigenvalue weighted by atomic mass is 32.2. The van der Waals surface area contributed by atoms with Crippen molar-refractivity contribution in [1.29, 1.82) is 5.26 Å². The molecule has 0 bridgehead atoms. The molecule has 36 heavy (non-hydrogen) atoms. The lowest BCUT2D eigenvalue weighted by molar-refractivity contribution is -0.113. The van der Waals surface area contributed by atoms with E-state index in [1.54, 1.807) is 22.7 Å². The summed E-state index contributed by atoms with van der Waals surface area (Å²) in [5.74, 6) is 1.44. The zero-order valence-electron chi connectivity index (χ0n) is 21.4. The maximum Gasteiger partial charge on any atom is 0.235 e. The third-order valence-corrected chi connectivity index (χ3v) is 10.5. The third kappa shape index (κ3) is 5.46. The summed E-state index contributed by atoms with van der Waals surface area (Å²) in [6, 6.07) is 4.50. The van der Waals surface area contributed by atoms with Crippen molar-refractivity contribution in [3.8, 4) is 17.5 Å². The van der Waals surface area contributed by atoms with Crippen LogP contribution in [-0.4, -0.2) is 26.4 Å². The van der Waals surface area contributed by atoms with Gasteiger partial charge in [0, 0.05) is 27.2 Å². The summed E-state index contributed by atoms with van der Waals surface area (Å²) >= 11 is 4.64. The van der Waals surface area contributed by atoms with Crippen molar-refractivity contribution >= 4 is 45.3 Å². The summed E-state index contributed by atoms with van der Waals surface area (Å²) in [6.07, 6.45) is 6.91. The summed E-state index contributed by atoms with van der Waals surface area (Å²) in [4.78, 5) is 15.5. The van der Waals surface area contributed by atoms with Gasteiger partial charge in [0.05, 0.1) is 11.3 Å². The van der Waals surface area contributed by atoms with Crippen LogP contribution < -0.4 is 5.32 Å². The molecule has 0 saturated heterocycles. The number of allylic oxidation sites excluding steroid dienone is 1. The molecule has 1 aliphatic rings. The fourth-order valence-corrected chi connectivity index (χ4v) is 7.48. The number of hydrogen-bond donors (Lipinski definition) is 1. The number of thioether (sulfide) groups is 1. The van der Waals surface area contributed by atoms with E-state index in [0.29, 0.717) is 28.2 Å². The number of aromatic nitrogens is 3. The highest BCUT2D eigenvalue weighted by Crippen LogP contribution is 2.45. The lowest BCUT2D eigenvalue weighted by Gasteiger charge is -2.36. The minimum Gasteiger partial charge on any atom is -0.316 e. The molecule has 1 unspecified atom stereocenters. The molecule has 0 radical (unpaired) electrons. The number of nitrogens with zero attached hydrogens (tertiary/aromatic N) is 4. The maximum absolute atomic E-state index is 12.9. The van der Waals surface area contributed by atoms with Crippen molar-refractivity contribution in [2.75, 3.05) is 11.1 Å². The first-order valence-electron chi connectivity index (χ1n) is 12.4. The van der Waals surface area contributed by atoms with Crippen LogP contribution in [0.4, 0.5) is 5.00 Å². The number of nitriles is 1. The maximum atomic E-state index is 12.9. The average Bonchev–Trinajstić information content (AvgIpc) is 3.59. The number of hydrogen-bond acceptors (Lipinski definition) is 7. The lowest BCUT2D eigenvalue weighted by Crippen LogP contribution is -2.28. The number of carbonyl (C=O) groups is 1. The van der Waals surface area contributed by atoms with Crippen molar-refractivity contribution in [3.05, 3.63) is 45.0 Å². The number of rotatable bonds is 10. The number of amides is 1. The number of aryl methyl sites for hydroxylation is 1. The Morgan fingerprint density at radius 3 is 2.89 bits per heavy atom. The Kier molecular flexibility index (Phi) is 8.38. The Balaban J connectivity index is 1.46. The van der Waals surface area contributed by atoms with Gasteiger partial charge in [-0.25, -0.2) is 0 Å². The second-order valence-corrected chi connectivity index (χ2v) is 12.8. The van der Waals surface area contributed by atoms with E-state index in [1.165, 1.54) is 21.5 Å². The Bertz CT molecular complexity index is 1290.